The molecule has 1 aromatic carbocycles. The van der Waals surface area contributed by atoms with Gasteiger partial charge in [0.2, 0.25) is 0 Å². The maximum Gasteiger partial charge on any atom is 0.255 e. The summed E-state index contributed by atoms with van der Waals surface area (Å²) in [5.74, 6) is -0.165. The van der Waals surface area contributed by atoms with E-state index in [2.05, 4.69) is 0 Å². The maximum absolute atomic E-state index is 12.9. The van der Waals surface area contributed by atoms with E-state index in [0.717, 1.165) is 6.42 Å². The van der Waals surface area contributed by atoms with Crippen LogP contribution in [-0.2, 0) is 4.79 Å². The molecule has 0 spiro atoms. The van der Waals surface area contributed by atoms with Gasteiger partial charge in [-0.1, -0.05) is 39.0 Å². The van der Waals surface area contributed by atoms with Crippen LogP contribution in [0.4, 0.5) is 0 Å². The number of hydrogen-bond donors (Lipinski definition) is 0. The van der Waals surface area contributed by atoms with Crippen molar-refractivity contribution in [3.63, 3.8) is 0 Å². The number of benzene rings is 1. The average Bonchev–Trinajstić information content (AvgIpc) is 2.50. The van der Waals surface area contributed by atoms with E-state index in [0.29, 0.717) is 24.0 Å². The first kappa shape index (κ1) is 14.9. The first-order valence-corrected chi connectivity index (χ1v) is 7.82. The van der Waals surface area contributed by atoms with Gasteiger partial charge in [0.1, 0.15) is 0 Å². The molecule has 2 atom stereocenters. The second-order valence-electron chi connectivity index (χ2n) is 7.20. The van der Waals surface area contributed by atoms with Crippen LogP contribution < -0.4 is 0 Å². The Morgan fingerprint density at radius 1 is 1.09 bits per heavy atom. The fourth-order valence-electron chi connectivity index (χ4n) is 3.50. The van der Waals surface area contributed by atoms with Crippen molar-refractivity contribution < 1.29 is 14.4 Å². The summed E-state index contributed by atoms with van der Waals surface area (Å²) in [6.07, 6.45) is 2.09. The van der Waals surface area contributed by atoms with Gasteiger partial charge in [-0.3, -0.25) is 14.4 Å². The molecule has 0 N–H and O–H groups in total. The van der Waals surface area contributed by atoms with E-state index in [1.54, 1.807) is 29.2 Å². The predicted octanol–water partition coefficient (Wildman–Crippen LogP) is 2.86. The highest BCUT2D eigenvalue weighted by atomic mass is 16.2. The first-order valence-electron chi connectivity index (χ1n) is 7.82. The van der Waals surface area contributed by atoms with Crippen LogP contribution in [0.25, 0.3) is 0 Å². The van der Waals surface area contributed by atoms with E-state index in [1.165, 1.54) is 0 Å². The summed E-state index contributed by atoms with van der Waals surface area (Å²) < 4.78 is 0. The molecule has 4 nitrogen and oxygen atoms in total. The van der Waals surface area contributed by atoms with Gasteiger partial charge in [-0.05, 0) is 25.3 Å². The van der Waals surface area contributed by atoms with E-state index >= 15 is 0 Å². The maximum atomic E-state index is 12.9. The topological polar surface area (TPSA) is 54.5 Å². The molecule has 2 unspecified atom stereocenters. The zero-order valence-corrected chi connectivity index (χ0v) is 13.3. The quantitative estimate of drug-likeness (QED) is 0.801. The van der Waals surface area contributed by atoms with E-state index in [9.17, 15) is 14.4 Å². The van der Waals surface area contributed by atoms with Gasteiger partial charge in [0.15, 0.2) is 11.6 Å². The van der Waals surface area contributed by atoms with Crippen LogP contribution in [0.15, 0.2) is 24.3 Å². The van der Waals surface area contributed by atoms with Gasteiger partial charge in [-0.25, -0.2) is 0 Å². The molecule has 2 heterocycles. The second kappa shape index (κ2) is 5.04. The number of piperidine rings is 1. The summed E-state index contributed by atoms with van der Waals surface area (Å²) in [7, 11) is 0. The lowest BCUT2D eigenvalue weighted by molar-refractivity contribution is -0.132. The molecular weight excluding hydrogens is 278 g/mol. The molecule has 0 bridgehead atoms. The van der Waals surface area contributed by atoms with Crippen molar-refractivity contribution in [2.75, 3.05) is 0 Å². The van der Waals surface area contributed by atoms with Gasteiger partial charge in [0, 0.05) is 11.0 Å². The summed E-state index contributed by atoms with van der Waals surface area (Å²) in [6, 6.07) is 5.96. The van der Waals surface area contributed by atoms with Crippen molar-refractivity contribution >= 4 is 17.5 Å². The Hall–Kier alpha value is -1.97. The number of hydrogen-bond acceptors (Lipinski definition) is 3. The van der Waals surface area contributed by atoms with E-state index in [1.807, 2.05) is 20.8 Å². The van der Waals surface area contributed by atoms with Gasteiger partial charge < -0.3 is 4.90 Å². The van der Waals surface area contributed by atoms with E-state index in [-0.39, 0.29) is 17.5 Å². The third kappa shape index (κ3) is 2.18. The molecule has 116 valence electrons. The molecule has 0 aromatic heterocycles. The Morgan fingerprint density at radius 2 is 1.73 bits per heavy atom. The molecule has 1 aromatic rings. The standard InChI is InChI=1S/C18H21NO3/c1-18(2,3)16(21)14-10-6-9-13-15(20)11-7-4-5-8-12(11)17(22)19(13)14/h4-5,7-8,13-14H,6,9-10H2,1-3H3. The smallest absolute Gasteiger partial charge is 0.255 e. The van der Waals surface area contributed by atoms with Crippen molar-refractivity contribution in [3.05, 3.63) is 35.4 Å². The predicted molar refractivity (Wildman–Crippen MR) is 82.8 cm³/mol. The number of fused-ring (bicyclic) bond motifs is 2. The van der Waals surface area contributed by atoms with Gasteiger partial charge >= 0.3 is 0 Å². The number of Topliss-reactive ketones (excluding diaryl/α,β-unsaturated/α-hetero) is 2. The molecule has 0 saturated carbocycles. The molecule has 3 rings (SSSR count). The fraction of sp³-hybridized carbons (Fsp3) is 0.500. The summed E-state index contributed by atoms with van der Waals surface area (Å²) >= 11 is 0. The van der Waals surface area contributed by atoms with Crippen molar-refractivity contribution in [2.45, 2.75) is 52.1 Å². The Labute approximate surface area is 130 Å². The van der Waals surface area contributed by atoms with Gasteiger partial charge in [-0.15, -0.1) is 0 Å². The molecular formula is C18H21NO3. The van der Waals surface area contributed by atoms with E-state index < -0.39 is 17.5 Å². The van der Waals surface area contributed by atoms with Crippen molar-refractivity contribution in [1.82, 2.24) is 4.90 Å². The Balaban J connectivity index is 2.06. The van der Waals surface area contributed by atoms with Crippen molar-refractivity contribution in [3.8, 4) is 0 Å². The minimum atomic E-state index is -0.521. The lowest BCUT2D eigenvalue weighted by Crippen LogP contribution is -2.60. The number of nitrogens with zero attached hydrogens (tertiary/aromatic N) is 1. The van der Waals surface area contributed by atoms with Crippen LogP contribution in [0.2, 0.25) is 0 Å². The Morgan fingerprint density at radius 3 is 2.36 bits per heavy atom. The van der Waals surface area contributed by atoms with Gasteiger partial charge in [0.25, 0.3) is 5.91 Å². The van der Waals surface area contributed by atoms with Crippen LogP contribution in [0, 0.1) is 5.41 Å². The molecule has 2 aliphatic rings. The van der Waals surface area contributed by atoms with Crippen LogP contribution in [0.3, 0.4) is 0 Å². The lowest BCUT2D eigenvalue weighted by atomic mass is 9.78. The van der Waals surface area contributed by atoms with Crippen LogP contribution >= 0.6 is 0 Å². The number of ketones is 2. The zero-order valence-electron chi connectivity index (χ0n) is 13.3. The highest BCUT2D eigenvalue weighted by Gasteiger charge is 2.47. The minimum absolute atomic E-state index is 0.0263. The molecule has 2 aliphatic heterocycles. The minimum Gasteiger partial charge on any atom is -0.318 e. The monoisotopic (exact) mass is 299 g/mol. The number of carbonyl (C=O) groups excluding carboxylic acids is 3. The van der Waals surface area contributed by atoms with Gasteiger partial charge in [-0.2, -0.15) is 0 Å². The molecule has 1 fully saturated rings. The van der Waals surface area contributed by atoms with Crippen molar-refractivity contribution in [1.29, 1.82) is 0 Å². The Bertz CT molecular complexity index is 657. The highest BCUT2D eigenvalue weighted by molar-refractivity contribution is 6.16. The second-order valence-corrected chi connectivity index (χ2v) is 7.20. The first-order chi connectivity index (χ1) is 10.3. The SMILES string of the molecule is CC(C)(C)C(=O)C1CCCC2C(=O)c3ccccc3C(=O)N21. The summed E-state index contributed by atoms with van der Waals surface area (Å²) in [5.41, 5.74) is 0.405. The molecule has 0 aliphatic carbocycles. The fourth-order valence-corrected chi connectivity index (χ4v) is 3.50. The van der Waals surface area contributed by atoms with Crippen LogP contribution in [0.5, 0.6) is 0 Å². The summed E-state index contributed by atoms with van der Waals surface area (Å²) in [4.78, 5) is 39.9. The van der Waals surface area contributed by atoms with Gasteiger partial charge in [0.05, 0.1) is 17.6 Å². The van der Waals surface area contributed by atoms with E-state index in [4.69, 9.17) is 0 Å². The third-order valence-corrected chi connectivity index (χ3v) is 4.63. The molecule has 4 heteroatoms. The van der Waals surface area contributed by atoms with Crippen molar-refractivity contribution in [2.24, 2.45) is 5.41 Å². The van der Waals surface area contributed by atoms with Crippen LogP contribution in [0.1, 0.15) is 60.7 Å². The van der Waals surface area contributed by atoms with Crippen LogP contribution in [-0.4, -0.2) is 34.5 Å². The summed E-state index contributed by atoms with van der Waals surface area (Å²) in [5, 5.41) is 0. The number of rotatable bonds is 1. The third-order valence-electron chi connectivity index (χ3n) is 4.63. The Kier molecular flexibility index (Phi) is 3.42. The zero-order chi connectivity index (χ0) is 16.1. The molecule has 22 heavy (non-hydrogen) atoms. The summed E-state index contributed by atoms with van der Waals surface area (Å²) in [6.45, 7) is 5.59. The molecule has 0 radical (unpaired) electrons. The lowest BCUT2D eigenvalue weighted by Gasteiger charge is -2.45. The molecule has 1 amide bonds. The average molecular weight is 299 g/mol. The normalized spacial score (nSPS) is 24.8. The molecule has 1 saturated heterocycles. The highest BCUT2D eigenvalue weighted by Crippen LogP contribution is 2.35. The number of carbonyl (C=O) groups is 3. The largest absolute Gasteiger partial charge is 0.318 e. The number of amides is 1.